The molecule has 2 aromatic carbocycles. The number of aliphatic carboxylic acids is 1. The number of carbonyl (C=O) groups is 3. The summed E-state index contributed by atoms with van der Waals surface area (Å²) in [6.07, 6.45) is -3.82. The Morgan fingerprint density at radius 3 is 2.38 bits per heavy atom. The van der Waals surface area contributed by atoms with Crippen LogP contribution in [0.3, 0.4) is 0 Å². The van der Waals surface area contributed by atoms with E-state index in [2.05, 4.69) is 5.32 Å². The van der Waals surface area contributed by atoms with Gasteiger partial charge in [-0.05, 0) is 16.3 Å². The van der Waals surface area contributed by atoms with E-state index in [0.717, 1.165) is 16.3 Å². The van der Waals surface area contributed by atoms with E-state index in [0.29, 0.717) is 0 Å². The Labute approximate surface area is 148 Å². The number of amides is 2. The van der Waals surface area contributed by atoms with Crippen LogP contribution in [0.1, 0.15) is 12.0 Å². The van der Waals surface area contributed by atoms with Crippen molar-refractivity contribution in [1.82, 2.24) is 10.6 Å². The lowest BCUT2D eigenvalue weighted by Gasteiger charge is -2.14. The first kappa shape index (κ1) is 19.3. The summed E-state index contributed by atoms with van der Waals surface area (Å²) in [5, 5.41) is 15.0. The van der Waals surface area contributed by atoms with Gasteiger partial charge in [-0.25, -0.2) is 13.6 Å². The van der Waals surface area contributed by atoms with Gasteiger partial charge in [-0.15, -0.1) is 0 Å². The second-order valence-corrected chi connectivity index (χ2v) is 5.68. The lowest BCUT2D eigenvalue weighted by atomic mass is 10.0. The van der Waals surface area contributed by atoms with Crippen molar-refractivity contribution < 1.29 is 28.3 Å². The molecule has 138 valence electrons. The number of carboxylic acid groups (broad SMARTS) is 1. The molecule has 0 fully saturated rings. The average molecular weight is 364 g/mol. The largest absolute Gasteiger partial charge is 0.480 e. The van der Waals surface area contributed by atoms with Crippen molar-refractivity contribution in [3.8, 4) is 0 Å². The summed E-state index contributed by atoms with van der Waals surface area (Å²) in [6.45, 7) is -0.489. The smallest absolute Gasteiger partial charge is 0.326 e. The minimum atomic E-state index is -2.86. The summed E-state index contributed by atoms with van der Waals surface area (Å²) in [5.41, 5.74) is 0.780. The number of benzene rings is 2. The van der Waals surface area contributed by atoms with E-state index in [1.165, 1.54) is 0 Å². The number of nitrogens with one attached hydrogen (secondary N) is 2. The highest BCUT2D eigenvalue weighted by molar-refractivity contribution is 5.92. The van der Waals surface area contributed by atoms with Crippen molar-refractivity contribution in [3.05, 3.63) is 48.0 Å². The molecule has 2 amide bonds. The first-order valence-corrected chi connectivity index (χ1v) is 7.90. The number of hydrogen-bond donors (Lipinski definition) is 3. The van der Waals surface area contributed by atoms with Crippen molar-refractivity contribution in [3.63, 3.8) is 0 Å². The molecule has 0 saturated carbocycles. The Hall–Kier alpha value is -3.03. The molecule has 0 aliphatic carbocycles. The van der Waals surface area contributed by atoms with E-state index in [4.69, 9.17) is 5.11 Å². The number of hydrogen-bond acceptors (Lipinski definition) is 3. The fourth-order valence-electron chi connectivity index (χ4n) is 2.51. The Bertz CT molecular complexity index is 805. The number of carboxylic acids is 1. The number of rotatable bonds is 8. The number of carbonyl (C=O) groups excluding carboxylic acids is 2. The summed E-state index contributed by atoms with van der Waals surface area (Å²) in [5.74, 6) is -2.83. The maximum atomic E-state index is 12.3. The Kier molecular flexibility index (Phi) is 6.60. The predicted molar refractivity (Wildman–Crippen MR) is 90.8 cm³/mol. The number of fused-ring (bicyclic) bond motifs is 1. The van der Waals surface area contributed by atoms with Crippen LogP contribution < -0.4 is 10.6 Å². The molecule has 0 heterocycles. The lowest BCUT2D eigenvalue weighted by Crippen LogP contribution is -2.46. The Morgan fingerprint density at radius 1 is 1.00 bits per heavy atom. The standard InChI is InChI=1S/C18H18F2N2O4/c19-15(20)9-14(18(25)26)22-17(24)10-21-16(23)8-12-6-3-5-11-4-1-2-7-13(11)12/h1-7,14-15H,8-10H2,(H,21,23)(H,22,24)(H,25,26). The van der Waals surface area contributed by atoms with E-state index >= 15 is 0 Å². The van der Waals surface area contributed by atoms with E-state index in [1.807, 2.05) is 41.7 Å². The third kappa shape index (κ3) is 5.51. The molecule has 6 nitrogen and oxygen atoms in total. The summed E-state index contributed by atoms with van der Waals surface area (Å²) in [4.78, 5) is 34.5. The van der Waals surface area contributed by atoms with Crippen molar-refractivity contribution in [2.45, 2.75) is 25.3 Å². The number of halogens is 2. The highest BCUT2D eigenvalue weighted by Crippen LogP contribution is 2.18. The van der Waals surface area contributed by atoms with Crippen LogP contribution in [-0.4, -0.2) is 41.9 Å². The van der Waals surface area contributed by atoms with E-state index in [-0.39, 0.29) is 6.42 Å². The minimum absolute atomic E-state index is 0.0357. The molecule has 3 N–H and O–H groups in total. The third-order valence-corrected chi connectivity index (χ3v) is 3.72. The van der Waals surface area contributed by atoms with Crippen LogP contribution in [0.5, 0.6) is 0 Å². The van der Waals surface area contributed by atoms with Gasteiger partial charge in [-0.1, -0.05) is 42.5 Å². The van der Waals surface area contributed by atoms with Gasteiger partial charge in [-0.3, -0.25) is 9.59 Å². The zero-order chi connectivity index (χ0) is 19.1. The molecular weight excluding hydrogens is 346 g/mol. The molecule has 26 heavy (non-hydrogen) atoms. The second-order valence-electron chi connectivity index (χ2n) is 5.68. The van der Waals surface area contributed by atoms with Crippen molar-refractivity contribution in [2.24, 2.45) is 0 Å². The summed E-state index contributed by atoms with van der Waals surface area (Å²) < 4.78 is 24.6. The maximum Gasteiger partial charge on any atom is 0.326 e. The highest BCUT2D eigenvalue weighted by atomic mass is 19.3. The van der Waals surface area contributed by atoms with Gasteiger partial charge in [-0.2, -0.15) is 0 Å². The molecule has 0 aliphatic rings. The molecular formula is C18H18F2N2O4. The molecule has 1 atom stereocenters. The molecule has 0 bridgehead atoms. The Morgan fingerprint density at radius 2 is 1.69 bits per heavy atom. The predicted octanol–water partition coefficient (Wildman–Crippen LogP) is 1.72. The van der Waals surface area contributed by atoms with Gasteiger partial charge in [0, 0.05) is 6.42 Å². The SMILES string of the molecule is O=C(Cc1cccc2ccccc12)NCC(=O)NC(CC(F)F)C(=O)O. The van der Waals surface area contributed by atoms with E-state index in [9.17, 15) is 23.2 Å². The highest BCUT2D eigenvalue weighted by Gasteiger charge is 2.24. The lowest BCUT2D eigenvalue weighted by molar-refractivity contribution is -0.142. The molecule has 1 unspecified atom stereocenters. The van der Waals surface area contributed by atoms with Crippen LogP contribution in [0, 0.1) is 0 Å². The quantitative estimate of drug-likeness (QED) is 0.665. The average Bonchev–Trinajstić information content (AvgIpc) is 2.59. The molecule has 2 rings (SSSR count). The zero-order valence-electron chi connectivity index (χ0n) is 13.7. The monoisotopic (exact) mass is 364 g/mol. The summed E-state index contributed by atoms with van der Waals surface area (Å²) in [7, 11) is 0. The van der Waals surface area contributed by atoms with Crippen LogP contribution in [0.15, 0.2) is 42.5 Å². The van der Waals surface area contributed by atoms with Crippen LogP contribution in [-0.2, 0) is 20.8 Å². The summed E-state index contributed by atoms with van der Waals surface area (Å²) in [6, 6.07) is 11.4. The zero-order valence-corrected chi connectivity index (χ0v) is 13.7. The van der Waals surface area contributed by atoms with Gasteiger partial charge in [0.15, 0.2) is 0 Å². The molecule has 8 heteroatoms. The van der Waals surface area contributed by atoms with Crippen LogP contribution >= 0.6 is 0 Å². The molecule has 2 aromatic rings. The molecule has 0 aliphatic heterocycles. The molecule has 0 saturated heterocycles. The fourth-order valence-corrected chi connectivity index (χ4v) is 2.51. The van der Waals surface area contributed by atoms with E-state index in [1.54, 1.807) is 6.07 Å². The van der Waals surface area contributed by atoms with Gasteiger partial charge in [0.2, 0.25) is 18.2 Å². The van der Waals surface area contributed by atoms with Crippen molar-refractivity contribution >= 4 is 28.6 Å². The normalized spacial score (nSPS) is 12.0. The topological polar surface area (TPSA) is 95.5 Å². The van der Waals surface area contributed by atoms with Crippen molar-refractivity contribution in [1.29, 1.82) is 0 Å². The van der Waals surface area contributed by atoms with Crippen LogP contribution in [0.4, 0.5) is 8.78 Å². The van der Waals surface area contributed by atoms with Crippen LogP contribution in [0.2, 0.25) is 0 Å². The first-order valence-electron chi connectivity index (χ1n) is 7.90. The maximum absolute atomic E-state index is 12.3. The fraction of sp³-hybridized carbons (Fsp3) is 0.278. The van der Waals surface area contributed by atoms with E-state index < -0.39 is 43.2 Å². The number of alkyl halides is 2. The third-order valence-electron chi connectivity index (χ3n) is 3.72. The van der Waals surface area contributed by atoms with Gasteiger partial charge in [0.25, 0.3) is 0 Å². The molecule has 0 aromatic heterocycles. The molecule has 0 spiro atoms. The minimum Gasteiger partial charge on any atom is -0.480 e. The van der Waals surface area contributed by atoms with Gasteiger partial charge in [0.1, 0.15) is 6.04 Å². The Balaban J connectivity index is 1.89. The first-order chi connectivity index (χ1) is 12.4. The molecule has 0 radical (unpaired) electrons. The van der Waals surface area contributed by atoms with Gasteiger partial charge >= 0.3 is 5.97 Å². The van der Waals surface area contributed by atoms with Gasteiger partial charge in [0.05, 0.1) is 13.0 Å². The van der Waals surface area contributed by atoms with Gasteiger partial charge < -0.3 is 15.7 Å². The van der Waals surface area contributed by atoms with Crippen LogP contribution in [0.25, 0.3) is 10.8 Å². The van der Waals surface area contributed by atoms with Crippen molar-refractivity contribution in [2.75, 3.05) is 6.54 Å². The summed E-state index contributed by atoms with van der Waals surface area (Å²) >= 11 is 0. The second kappa shape index (κ2) is 8.89.